The van der Waals surface area contributed by atoms with Gasteiger partial charge in [0, 0.05) is 50.4 Å². The van der Waals surface area contributed by atoms with Crippen molar-refractivity contribution < 1.29 is 38.5 Å². The molecule has 0 aromatic rings. The fourth-order valence-electron chi connectivity index (χ4n) is 5.18. The van der Waals surface area contributed by atoms with E-state index in [4.69, 9.17) is 19.9 Å². The third kappa shape index (κ3) is 11.5. The second-order valence-corrected chi connectivity index (χ2v) is 11.7. The van der Waals surface area contributed by atoms with Gasteiger partial charge in [0.1, 0.15) is 6.10 Å². The molecule has 252 valence electrons. The highest BCUT2D eigenvalue weighted by molar-refractivity contribution is 6.23. The van der Waals surface area contributed by atoms with Crippen LogP contribution in [-0.2, 0) is 28.6 Å². The Morgan fingerprint density at radius 3 is 2.40 bits per heavy atom. The number of Topliss-reactive ketones (excluding diaryl/α,β-unsaturated/α-hetero) is 1. The highest BCUT2D eigenvalue weighted by Crippen LogP contribution is 2.28. The van der Waals surface area contributed by atoms with E-state index < -0.39 is 53.9 Å². The molecular weight excluding hydrogens is 604 g/mol. The van der Waals surface area contributed by atoms with Crippen molar-refractivity contribution in [1.29, 1.82) is 0 Å². The predicted molar refractivity (Wildman–Crippen MR) is 173 cm³/mol. The van der Waals surface area contributed by atoms with Crippen molar-refractivity contribution in [3.05, 3.63) is 58.5 Å². The number of primary amides is 1. The number of fused-ring (bicyclic) bond motifs is 2. The van der Waals surface area contributed by atoms with Gasteiger partial charge in [-0.05, 0) is 52.3 Å². The maximum absolute atomic E-state index is 13.7. The van der Waals surface area contributed by atoms with E-state index in [1.165, 1.54) is 20.3 Å². The molecule has 2 bridgehead atoms. The van der Waals surface area contributed by atoms with Crippen LogP contribution < -0.4 is 16.4 Å². The molecule has 0 aromatic heterocycles. The fraction of sp³-hybridized carbons (Fsp3) is 0.562. The molecule has 5 N–H and O–H groups in total. The summed E-state index contributed by atoms with van der Waals surface area (Å²) in [4.78, 5) is 53.7. The summed E-state index contributed by atoms with van der Waals surface area (Å²) in [5.74, 6) is -2.06. The molecule has 13 heteroatoms. The van der Waals surface area contributed by atoms with Gasteiger partial charge in [-0.15, -0.1) is 12.4 Å². The number of nitrogens with one attached hydrogen (secondary N) is 2. The number of likely N-dealkylation sites (N-methyl/N-ethyl adjacent to an activating group) is 1. The second-order valence-electron chi connectivity index (χ2n) is 11.7. The lowest BCUT2D eigenvalue weighted by Gasteiger charge is -2.30. The Morgan fingerprint density at radius 1 is 1.16 bits per heavy atom. The highest BCUT2D eigenvalue weighted by atomic mass is 35.5. The summed E-state index contributed by atoms with van der Waals surface area (Å²) in [5.41, 5.74) is 6.55. The number of ether oxygens (including phenoxy) is 3. The van der Waals surface area contributed by atoms with Crippen LogP contribution >= 0.6 is 12.4 Å². The topological polar surface area (TPSA) is 170 Å². The quantitative estimate of drug-likeness (QED) is 0.237. The second kappa shape index (κ2) is 18.6. The van der Waals surface area contributed by atoms with Gasteiger partial charge in [0.2, 0.25) is 11.6 Å². The van der Waals surface area contributed by atoms with Crippen LogP contribution in [0.1, 0.15) is 40.5 Å². The SMILES string of the molecule is CO[C@H]1C=C/C=C(\C)C(=O)NC2=CC(=O)C(NCCN(C)C)=C(C[C@@H](C)C[C@H](OC)[C@H](O)[C@@H](C)/C=C(\C)[C@@H]1OC(N)=O)C2=O.Cl. The van der Waals surface area contributed by atoms with Crippen LogP contribution in [0.2, 0.25) is 0 Å². The van der Waals surface area contributed by atoms with Crippen LogP contribution in [0.5, 0.6) is 0 Å². The zero-order chi connectivity index (χ0) is 33.1. The van der Waals surface area contributed by atoms with Gasteiger partial charge in [-0.2, -0.15) is 0 Å². The van der Waals surface area contributed by atoms with Gasteiger partial charge < -0.3 is 40.6 Å². The minimum absolute atomic E-state index is 0. The highest BCUT2D eigenvalue weighted by Gasteiger charge is 2.33. The molecule has 1 aliphatic carbocycles. The number of aliphatic hydroxyl groups is 1. The number of carbonyl (C=O) groups excluding carboxylic acids is 4. The van der Waals surface area contributed by atoms with Crippen LogP contribution in [0, 0.1) is 11.8 Å². The Morgan fingerprint density at radius 2 is 1.82 bits per heavy atom. The number of hydrogen-bond acceptors (Lipinski definition) is 10. The molecule has 12 nitrogen and oxygen atoms in total. The zero-order valence-corrected chi connectivity index (χ0v) is 28.2. The Bertz CT molecular complexity index is 1240. The number of nitrogens with two attached hydrogens (primary N) is 1. The lowest BCUT2D eigenvalue weighted by atomic mass is 9.85. The number of carbonyl (C=O) groups is 4. The third-order valence-electron chi connectivity index (χ3n) is 7.65. The molecule has 0 aromatic carbocycles. The number of ketones is 2. The maximum atomic E-state index is 13.7. The van der Waals surface area contributed by atoms with Crippen molar-refractivity contribution in [3.8, 4) is 0 Å². The zero-order valence-electron chi connectivity index (χ0n) is 27.4. The predicted octanol–water partition coefficient (Wildman–Crippen LogP) is 2.34. The smallest absolute Gasteiger partial charge is 0.405 e. The number of methoxy groups -OCH3 is 2. The lowest BCUT2D eigenvalue weighted by Crippen LogP contribution is -2.38. The van der Waals surface area contributed by atoms with Gasteiger partial charge >= 0.3 is 6.09 Å². The summed E-state index contributed by atoms with van der Waals surface area (Å²) in [6.07, 6.45) is 3.88. The van der Waals surface area contributed by atoms with Crippen LogP contribution in [-0.4, -0.2) is 99.4 Å². The molecule has 0 saturated carbocycles. The number of nitrogens with zero attached hydrogens (tertiary/aromatic N) is 1. The van der Waals surface area contributed by atoms with E-state index in [2.05, 4.69) is 10.6 Å². The summed E-state index contributed by atoms with van der Waals surface area (Å²) in [7, 11) is 6.74. The van der Waals surface area contributed by atoms with E-state index in [1.807, 2.05) is 32.8 Å². The maximum Gasteiger partial charge on any atom is 0.405 e. The molecule has 1 aliphatic heterocycles. The Labute approximate surface area is 272 Å². The van der Waals surface area contributed by atoms with E-state index in [9.17, 15) is 24.3 Å². The Balaban J connectivity index is 0.0000101. The van der Waals surface area contributed by atoms with Gasteiger partial charge in [0.25, 0.3) is 5.91 Å². The van der Waals surface area contributed by atoms with Gasteiger partial charge in [0.15, 0.2) is 6.10 Å². The summed E-state index contributed by atoms with van der Waals surface area (Å²) in [5, 5.41) is 17.0. The van der Waals surface area contributed by atoms with Gasteiger partial charge in [-0.1, -0.05) is 38.2 Å². The number of aliphatic hydroxyl groups excluding tert-OH is 1. The van der Waals surface area contributed by atoms with E-state index in [-0.39, 0.29) is 47.3 Å². The molecule has 45 heavy (non-hydrogen) atoms. The van der Waals surface area contributed by atoms with E-state index >= 15 is 0 Å². The van der Waals surface area contributed by atoms with Crippen molar-refractivity contribution in [1.82, 2.24) is 15.5 Å². The summed E-state index contributed by atoms with van der Waals surface area (Å²) >= 11 is 0. The average Bonchev–Trinajstić information content (AvgIpc) is 2.95. The molecule has 2 aliphatic rings. The van der Waals surface area contributed by atoms with Crippen LogP contribution in [0.4, 0.5) is 4.79 Å². The lowest BCUT2D eigenvalue weighted by molar-refractivity contribution is -0.120. The first-order valence-corrected chi connectivity index (χ1v) is 14.7. The van der Waals surface area contributed by atoms with Crippen molar-refractivity contribution in [3.63, 3.8) is 0 Å². The summed E-state index contributed by atoms with van der Waals surface area (Å²) < 4.78 is 16.6. The Kier molecular flexibility index (Phi) is 16.4. The molecule has 0 radical (unpaired) electrons. The van der Waals surface area contributed by atoms with Crippen LogP contribution in [0.25, 0.3) is 0 Å². The standard InChI is InChI=1S/C32H48N4O8.ClH/c1-18-14-22-27(34-12-13-36(5)6)24(37)17-23(29(22)39)35-31(40)19(2)10-9-11-25(42-7)30(44-32(33)41)21(4)16-20(3)28(38)26(15-18)43-8;/h9-11,16-18,20,25-26,28,30,34,38H,12-15H2,1-8H3,(H2,33,41)(H,35,40);1H/b11-9?,19-10+,21-16+;/t18-,20+,25+,26+,28-,30+;/m1./s1. The van der Waals surface area contributed by atoms with Crippen LogP contribution in [0.3, 0.4) is 0 Å². The first-order chi connectivity index (χ1) is 20.7. The number of hydrogen-bond donors (Lipinski definition) is 4. The molecule has 0 spiro atoms. The molecule has 2 rings (SSSR count). The van der Waals surface area contributed by atoms with E-state index in [0.717, 1.165) is 6.08 Å². The average molecular weight is 653 g/mol. The molecule has 2 amide bonds. The first kappa shape index (κ1) is 39.7. The molecule has 0 saturated heterocycles. The molecular formula is C32H49ClN4O8. The first-order valence-electron chi connectivity index (χ1n) is 14.7. The van der Waals surface area contributed by atoms with E-state index in [1.54, 1.807) is 32.1 Å². The minimum Gasteiger partial charge on any atom is -0.439 e. The van der Waals surface area contributed by atoms with E-state index in [0.29, 0.717) is 25.1 Å². The number of rotatable bonds is 7. The molecule has 0 fully saturated rings. The summed E-state index contributed by atoms with van der Waals surface area (Å²) in [6.45, 7) is 8.09. The molecule has 0 unspecified atom stereocenters. The number of halogens is 1. The molecule has 6 atom stereocenters. The Hall–Kier alpha value is -3.29. The van der Waals surface area contributed by atoms with Crippen molar-refractivity contribution >= 4 is 36.0 Å². The van der Waals surface area contributed by atoms with Crippen molar-refractivity contribution in [2.24, 2.45) is 17.6 Å². The third-order valence-corrected chi connectivity index (χ3v) is 7.65. The normalized spacial score (nSPS) is 29.6. The molecule has 1 heterocycles. The number of amides is 2. The van der Waals surface area contributed by atoms with Gasteiger partial charge in [-0.25, -0.2) is 4.79 Å². The summed E-state index contributed by atoms with van der Waals surface area (Å²) in [6, 6.07) is 0. The minimum atomic E-state index is -0.997. The van der Waals surface area contributed by atoms with Crippen molar-refractivity contribution in [2.45, 2.75) is 65.0 Å². The largest absolute Gasteiger partial charge is 0.439 e. The van der Waals surface area contributed by atoms with Crippen LogP contribution in [0.15, 0.2) is 58.5 Å². The van der Waals surface area contributed by atoms with Gasteiger partial charge in [0.05, 0.1) is 23.6 Å². The monoisotopic (exact) mass is 652 g/mol. The van der Waals surface area contributed by atoms with Gasteiger partial charge in [-0.3, -0.25) is 14.4 Å². The van der Waals surface area contributed by atoms with Crippen molar-refractivity contribution in [2.75, 3.05) is 41.4 Å². The number of allylic oxidation sites excluding steroid dienone is 4. The fourth-order valence-corrected chi connectivity index (χ4v) is 5.18.